The molecular weight excluding hydrogens is 112 g/mol. The molecule has 0 radical (unpaired) electrons. The molecule has 46 valence electrons. The molecule has 8 heavy (non-hydrogen) atoms. The largest absolute Gasteiger partial charge is 0.107 e. The van der Waals surface area contributed by atoms with E-state index in [0.717, 1.165) is 6.04 Å². The van der Waals surface area contributed by atoms with E-state index in [-0.39, 0.29) is 5.41 Å². The summed E-state index contributed by atoms with van der Waals surface area (Å²) < 4.78 is 0. The first-order chi connectivity index (χ1) is 3.56. The summed E-state index contributed by atoms with van der Waals surface area (Å²) >= 11 is 0. The predicted octanol–water partition coefficient (Wildman–Crippen LogP) is 0.820. The lowest BCUT2D eigenvalue weighted by atomic mass is 9.98. The zero-order valence-corrected chi connectivity index (χ0v) is 8.21. The van der Waals surface area contributed by atoms with E-state index in [4.69, 9.17) is 0 Å². The van der Waals surface area contributed by atoms with Crippen LogP contribution in [0.3, 0.4) is 0 Å². The smallest absolute Gasteiger partial charge is 0.0230 e. The van der Waals surface area contributed by atoms with Gasteiger partial charge in [-0.25, -0.2) is 0 Å². The van der Waals surface area contributed by atoms with Crippen molar-refractivity contribution in [2.75, 3.05) is 0 Å². The van der Waals surface area contributed by atoms with Crippen molar-refractivity contribution in [3.63, 3.8) is 0 Å². The molecule has 0 bridgehead atoms. The van der Waals surface area contributed by atoms with Crippen LogP contribution in [0.2, 0.25) is 6.04 Å². The van der Waals surface area contributed by atoms with Crippen LogP contribution in [0.1, 0.15) is 20.8 Å². The maximum Gasteiger partial charge on any atom is 0.0230 e. The molecular formula is C7H14Si. The van der Waals surface area contributed by atoms with Crippen LogP contribution in [-0.2, 0) is 0 Å². The Labute approximate surface area is 55.1 Å². The van der Waals surface area contributed by atoms with E-state index >= 15 is 0 Å². The Balaban J connectivity index is 3.69. The van der Waals surface area contributed by atoms with Gasteiger partial charge in [0.25, 0.3) is 0 Å². The van der Waals surface area contributed by atoms with E-state index in [0.29, 0.717) is 0 Å². The quantitative estimate of drug-likeness (QED) is 0.333. The number of hydrogen-bond acceptors (Lipinski definition) is 0. The molecule has 0 aliphatic carbocycles. The van der Waals surface area contributed by atoms with E-state index in [1.807, 2.05) is 0 Å². The minimum Gasteiger partial charge on any atom is -0.107 e. The van der Waals surface area contributed by atoms with Gasteiger partial charge in [-0.3, -0.25) is 0 Å². The van der Waals surface area contributed by atoms with Gasteiger partial charge in [0.15, 0.2) is 0 Å². The van der Waals surface area contributed by atoms with Crippen LogP contribution >= 0.6 is 0 Å². The predicted molar refractivity (Wildman–Crippen MR) is 42.0 cm³/mol. The van der Waals surface area contributed by atoms with Gasteiger partial charge in [-0.05, 0) is 26.8 Å². The van der Waals surface area contributed by atoms with E-state index < -0.39 is 0 Å². The fourth-order valence-electron chi connectivity index (χ4n) is 0.354. The van der Waals surface area contributed by atoms with Gasteiger partial charge in [-0.15, -0.1) is 5.92 Å². The first-order valence-electron chi connectivity index (χ1n) is 3.06. The minimum atomic E-state index is 0.213. The van der Waals surface area contributed by atoms with Crippen LogP contribution in [0.25, 0.3) is 0 Å². The van der Waals surface area contributed by atoms with Crippen molar-refractivity contribution in [2.24, 2.45) is 5.41 Å². The highest BCUT2D eigenvalue weighted by Gasteiger charge is 2.01. The second kappa shape index (κ2) is 2.94. The summed E-state index contributed by atoms with van der Waals surface area (Å²) in [6.45, 7) is 6.41. The molecule has 0 aromatic heterocycles. The van der Waals surface area contributed by atoms with Crippen molar-refractivity contribution in [1.82, 2.24) is 0 Å². The van der Waals surface area contributed by atoms with Gasteiger partial charge in [0.1, 0.15) is 0 Å². The molecule has 0 aromatic rings. The fourth-order valence-corrected chi connectivity index (χ4v) is 0.530. The van der Waals surface area contributed by atoms with Crippen molar-refractivity contribution in [3.05, 3.63) is 0 Å². The van der Waals surface area contributed by atoms with Gasteiger partial charge in [-0.2, -0.15) is 0 Å². The maximum absolute atomic E-state index is 3.16. The first kappa shape index (κ1) is 7.78. The lowest BCUT2D eigenvalue weighted by molar-refractivity contribution is 0.571. The molecule has 0 saturated carbocycles. The SMILES string of the molecule is CC(C)(C)C#CC[SiH3]. The zero-order valence-electron chi connectivity index (χ0n) is 6.21. The number of hydrogen-bond donors (Lipinski definition) is 0. The van der Waals surface area contributed by atoms with Crippen molar-refractivity contribution in [3.8, 4) is 11.8 Å². The Hall–Kier alpha value is -0.223. The van der Waals surface area contributed by atoms with Crippen LogP contribution in [-0.4, -0.2) is 10.2 Å². The van der Waals surface area contributed by atoms with E-state index in [1.165, 1.54) is 10.2 Å². The minimum absolute atomic E-state index is 0.213. The summed E-state index contributed by atoms with van der Waals surface area (Å²) in [4.78, 5) is 0. The van der Waals surface area contributed by atoms with Gasteiger partial charge in [-0.1, -0.05) is 5.92 Å². The fraction of sp³-hybridized carbons (Fsp3) is 0.714. The highest BCUT2D eigenvalue weighted by Crippen LogP contribution is 2.09. The third kappa shape index (κ3) is 5.78. The molecule has 1 heteroatoms. The van der Waals surface area contributed by atoms with Crippen LogP contribution in [0.4, 0.5) is 0 Å². The first-order valence-corrected chi connectivity index (χ1v) is 4.47. The molecule has 0 unspecified atom stereocenters. The van der Waals surface area contributed by atoms with Gasteiger partial charge >= 0.3 is 0 Å². The molecule has 0 rings (SSSR count). The van der Waals surface area contributed by atoms with Crippen LogP contribution in [0, 0.1) is 17.3 Å². The third-order valence-corrected chi connectivity index (χ3v) is 0.994. The Morgan fingerprint density at radius 2 is 1.88 bits per heavy atom. The summed E-state index contributed by atoms with van der Waals surface area (Å²) in [5.74, 6) is 6.26. The highest BCUT2D eigenvalue weighted by molar-refractivity contribution is 6.10. The van der Waals surface area contributed by atoms with Gasteiger partial charge in [0.2, 0.25) is 0 Å². The second-order valence-corrected chi connectivity index (χ2v) is 3.61. The second-order valence-electron chi connectivity index (χ2n) is 2.91. The lowest BCUT2D eigenvalue weighted by Gasteiger charge is -2.06. The molecule has 0 aromatic carbocycles. The standard InChI is InChI=1S/C7H14Si/c1-7(2,3)5-4-6-8/h6H2,1-3,8H3. The van der Waals surface area contributed by atoms with E-state index in [9.17, 15) is 0 Å². The molecule has 0 fully saturated rings. The zero-order chi connectivity index (χ0) is 6.62. The maximum atomic E-state index is 3.16. The van der Waals surface area contributed by atoms with Crippen molar-refractivity contribution in [2.45, 2.75) is 26.8 Å². The van der Waals surface area contributed by atoms with Crippen molar-refractivity contribution >= 4 is 10.2 Å². The van der Waals surface area contributed by atoms with Gasteiger partial charge < -0.3 is 0 Å². The molecule has 0 amide bonds. The lowest BCUT2D eigenvalue weighted by Crippen LogP contribution is -1.98. The normalized spacial score (nSPS) is 10.4. The summed E-state index contributed by atoms with van der Waals surface area (Å²) in [6.07, 6.45) is 0. The Bertz CT molecular complexity index is 109. The number of rotatable bonds is 0. The topological polar surface area (TPSA) is 0 Å². The Morgan fingerprint density at radius 1 is 1.38 bits per heavy atom. The van der Waals surface area contributed by atoms with Crippen molar-refractivity contribution in [1.29, 1.82) is 0 Å². The van der Waals surface area contributed by atoms with E-state index in [1.54, 1.807) is 0 Å². The molecule has 0 nitrogen and oxygen atoms in total. The average Bonchev–Trinajstić information content (AvgIpc) is 1.59. The third-order valence-electron chi connectivity index (χ3n) is 0.640. The molecule has 0 spiro atoms. The van der Waals surface area contributed by atoms with E-state index in [2.05, 4.69) is 32.6 Å². The molecule has 0 heterocycles. The Morgan fingerprint density at radius 3 is 2.00 bits per heavy atom. The summed E-state index contributed by atoms with van der Waals surface area (Å²) in [6, 6.07) is 1.11. The molecule has 0 aliphatic heterocycles. The van der Waals surface area contributed by atoms with Crippen LogP contribution < -0.4 is 0 Å². The molecule has 0 saturated heterocycles. The van der Waals surface area contributed by atoms with Crippen LogP contribution in [0.15, 0.2) is 0 Å². The summed E-state index contributed by atoms with van der Waals surface area (Å²) in [5, 5.41) is 0. The monoisotopic (exact) mass is 126 g/mol. The summed E-state index contributed by atoms with van der Waals surface area (Å²) in [5.41, 5.74) is 0.213. The van der Waals surface area contributed by atoms with Gasteiger partial charge in [0.05, 0.1) is 0 Å². The van der Waals surface area contributed by atoms with Crippen LogP contribution in [0.5, 0.6) is 0 Å². The van der Waals surface area contributed by atoms with Gasteiger partial charge in [0, 0.05) is 15.7 Å². The molecule has 0 aliphatic rings. The highest BCUT2D eigenvalue weighted by atomic mass is 28.1. The molecule has 0 N–H and O–H groups in total. The van der Waals surface area contributed by atoms with Crippen molar-refractivity contribution < 1.29 is 0 Å². The average molecular weight is 126 g/mol. The summed E-state index contributed by atoms with van der Waals surface area (Å²) in [7, 11) is 1.21. The molecule has 0 atom stereocenters. The Kier molecular flexibility index (Phi) is 2.85.